The van der Waals surface area contributed by atoms with E-state index in [1.807, 2.05) is 7.05 Å². The second-order valence-corrected chi connectivity index (χ2v) is 3.76. The number of benzene rings is 1. The van der Waals surface area contributed by atoms with E-state index in [2.05, 4.69) is 34.5 Å². The van der Waals surface area contributed by atoms with E-state index in [0.29, 0.717) is 0 Å². The first kappa shape index (κ1) is 16.5. The van der Waals surface area contributed by atoms with Crippen molar-refractivity contribution in [2.75, 3.05) is 38.3 Å². The van der Waals surface area contributed by atoms with Crippen LogP contribution in [0.4, 0.5) is 5.69 Å². The third-order valence-electron chi connectivity index (χ3n) is 2.71. The number of nitrogens with one attached hydrogen (secondary N) is 1. The van der Waals surface area contributed by atoms with Crippen LogP contribution in [0.5, 0.6) is 0 Å². The van der Waals surface area contributed by atoms with E-state index in [9.17, 15) is 0 Å². The minimum Gasteiger partial charge on any atom is -0.378 e. The topological polar surface area (TPSA) is 24.5 Å². The second-order valence-electron chi connectivity index (χ2n) is 3.76. The van der Waals surface area contributed by atoms with Crippen LogP contribution >= 0.6 is 24.8 Å². The molecular weight excluding hydrogens is 259 g/mol. The van der Waals surface area contributed by atoms with Gasteiger partial charge in [-0.15, -0.1) is 24.8 Å². The van der Waals surface area contributed by atoms with Gasteiger partial charge in [0.25, 0.3) is 0 Å². The summed E-state index contributed by atoms with van der Waals surface area (Å²) in [6, 6.07) is 8.57. The minimum atomic E-state index is 0. The Morgan fingerprint density at radius 3 is 2.47 bits per heavy atom. The van der Waals surface area contributed by atoms with Crippen LogP contribution in [0.1, 0.15) is 5.56 Å². The number of anilines is 1. The molecule has 17 heavy (non-hydrogen) atoms. The molecule has 98 valence electrons. The molecule has 1 aliphatic rings. The maximum atomic E-state index is 5.36. The third kappa shape index (κ3) is 4.36. The average molecular weight is 279 g/mol. The van der Waals surface area contributed by atoms with Crippen molar-refractivity contribution in [3.63, 3.8) is 0 Å². The van der Waals surface area contributed by atoms with Crippen LogP contribution < -0.4 is 10.2 Å². The highest BCUT2D eigenvalue weighted by atomic mass is 35.5. The minimum absolute atomic E-state index is 0. The number of halogens is 2. The van der Waals surface area contributed by atoms with Gasteiger partial charge in [0.2, 0.25) is 0 Å². The Kier molecular flexibility index (Phi) is 8.35. The molecule has 0 bridgehead atoms. The zero-order valence-corrected chi connectivity index (χ0v) is 11.6. The van der Waals surface area contributed by atoms with Gasteiger partial charge in [-0.05, 0) is 18.7 Å². The molecule has 0 atom stereocenters. The van der Waals surface area contributed by atoms with Crippen LogP contribution in [0.15, 0.2) is 24.3 Å². The van der Waals surface area contributed by atoms with Gasteiger partial charge in [-0.1, -0.05) is 18.2 Å². The first-order chi connectivity index (χ1) is 7.42. The number of hydrogen-bond acceptors (Lipinski definition) is 3. The molecule has 1 heterocycles. The van der Waals surface area contributed by atoms with Crippen LogP contribution in [0, 0.1) is 0 Å². The summed E-state index contributed by atoms with van der Waals surface area (Å²) < 4.78 is 5.36. The molecule has 3 nitrogen and oxygen atoms in total. The lowest BCUT2D eigenvalue weighted by atomic mass is 10.1. The summed E-state index contributed by atoms with van der Waals surface area (Å²) in [6.07, 6.45) is 0. The van der Waals surface area contributed by atoms with Crippen LogP contribution in [-0.2, 0) is 11.3 Å². The zero-order valence-electron chi connectivity index (χ0n) is 10.0. The molecular formula is C12H20Cl2N2O. The van der Waals surface area contributed by atoms with Gasteiger partial charge in [0.1, 0.15) is 0 Å². The van der Waals surface area contributed by atoms with Crippen LogP contribution in [-0.4, -0.2) is 33.4 Å². The van der Waals surface area contributed by atoms with E-state index in [1.54, 1.807) is 0 Å². The van der Waals surface area contributed by atoms with E-state index < -0.39 is 0 Å². The molecule has 1 saturated heterocycles. The fourth-order valence-corrected chi connectivity index (χ4v) is 1.96. The quantitative estimate of drug-likeness (QED) is 0.917. The maximum absolute atomic E-state index is 5.36. The summed E-state index contributed by atoms with van der Waals surface area (Å²) in [5, 5.41) is 3.21. The molecule has 5 heteroatoms. The van der Waals surface area contributed by atoms with Gasteiger partial charge >= 0.3 is 0 Å². The van der Waals surface area contributed by atoms with Gasteiger partial charge in [0.05, 0.1) is 13.2 Å². The standard InChI is InChI=1S/C12H18N2O.2ClH/c1-13-10-11-4-2-3-5-12(11)14-6-8-15-9-7-14;;/h2-5,13H,6-10H2,1H3;2*1H. The van der Waals surface area contributed by atoms with E-state index in [0.717, 1.165) is 32.8 Å². The summed E-state index contributed by atoms with van der Waals surface area (Å²) in [5.41, 5.74) is 2.71. The Bertz CT molecular complexity index is 317. The molecule has 1 aromatic carbocycles. The molecule has 2 rings (SSSR count). The SMILES string of the molecule is CNCc1ccccc1N1CCOCC1.Cl.Cl. The predicted molar refractivity (Wildman–Crippen MR) is 76.7 cm³/mol. The molecule has 1 aromatic rings. The molecule has 0 amide bonds. The molecule has 0 aromatic heterocycles. The molecule has 0 radical (unpaired) electrons. The summed E-state index contributed by atoms with van der Waals surface area (Å²) in [5.74, 6) is 0. The lowest BCUT2D eigenvalue weighted by molar-refractivity contribution is 0.122. The highest BCUT2D eigenvalue weighted by Crippen LogP contribution is 2.20. The Hall–Kier alpha value is -0.480. The van der Waals surface area contributed by atoms with Crippen LogP contribution in [0.2, 0.25) is 0 Å². The van der Waals surface area contributed by atoms with E-state index in [1.165, 1.54) is 11.3 Å². The lowest BCUT2D eigenvalue weighted by Crippen LogP contribution is -2.37. The smallest absolute Gasteiger partial charge is 0.0642 e. The van der Waals surface area contributed by atoms with Gasteiger partial charge < -0.3 is 15.0 Å². The van der Waals surface area contributed by atoms with Gasteiger partial charge in [-0.25, -0.2) is 0 Å². The normalized spacial score (nSPS) is 14.8. The molecule has 0 saturated carbocycles. The number of para-hydroxylation sites is 1. The summed E-state index contributed by atoms with van der Waals surface area (Å²) in [6.45, 7) is 4.61. The Morgan fingerprint density at radius 1 is 1.18 bits per heavy atom. The third-order valence-corrected chi connectivity index (χ3v) is 2.71. The number of nitrogens with zero attached hydrogens (tertiary/aromatic N) is 1. The Balaban J connectivity index is 0.00000128. The summed E-state index contributed by atoms with van der Waals surface area (Å²) in [7, 11) is 1.98. The van der Waals surface area contributed by atoms with Crippen molar-refractivity contribution in [3.8, 4) is 0 Å². The molecule has 0 unspecified atom stereocenters. The van der Waals surface area contributed by atoms with Gasteiger partial charge in [0, 0.05) is 25.3 Å². The highest BCUT2D eigenvalue weighted by Gasteiger charge is 2.13. The van der Waals surface area contributed by atoms with Gasteiger partial charge in [-0.3, -0.25) is 0 Å². The molecule has 1 N–H and O–H groups in total. The first-order valence-electron chi connectivity index (χ1n) is 5.47. The monoisotopic (exact) mass is 278 g/mol. The second kappa shape index (κ2) is 8.59. The number of rotatable bonds is 3. The molecule has 0 spiro atoms. The summed E-state index contributed by atoms with van der Waals surface area (Å²) in [4.78, 5) is 2.40. The van der Waals surface area contributed by atoms with E-state index >= 15 is 0 Å². The first-order valence-corrected chi connectivity index (χ1v) is 5.47. The van der Waals surface area contributed by atoms with E-state index in [4.69, 9.17) is 4.74 Å². The van der Waals surface area contributed by atoms with E-state index in [-0.39, 0.29) is 24.8 Å². The fraction of sp³-hybridized carbons (Fsp3) is 0.500. The Morgan fingerprint density at radius 2 is 1.82 bits per heavy atom. The van der Waals surface area contributed by atoms with Crippen molar-refractivity contribution in [2.45, 2.75) is 6.54 Å². The number of ether oxygens (including phenoxy) is 1. The fourth-order valence-electron chi connectivity index (χ4n) is 1.96. The average Bonchev–Trinajstić information content (AvgIpc) is 2.31. The lowest BCUT2D eigenvalue weighted by Gasteiger charge is -2.30. The summed E-state index contributed by atoms with van der Waals surface area (Å²) >= 11 is 0. The van der Waals surface area contributed by atoms with Crippen molar-refractivity contribution in [1.29, 1.82) is 0 Å². The molecule has 1 fully saturated rings. The van der Waals surface area contributed by atoms with Crippen LogP contribution in [0.3, 0.4) is 0 Å². The maximum Gasteiger partial charge on any atom is 0.0642 e. The molecule has 0 aliphatic carbocycles. The van der Waals surface area contributed by atoms with Crippen molar-refractivity contribution in [3.05, 3.63) is 29.8 Å². The zero-order chi connectivity index (χ0) is 10.5. The van der Waals surface area contributed by atoms with Crippen LogP contribution in [0.25, 0.3) is 0 Å². The van der Waals surface area contributed by atoms with Gasteiger partial charge in [-0.2, -0.15) is 0 Å². The largest absolute Gasteiger partial charge is 0.378 e. The number of morpholine rings is 1. The number of hydrogen-bond donors (Lipinski definition) is 1. The highest BCUT2D eigenvalue weighted by molar-refractivity contribution is 5.85. The van der Waals surface area contributed by atoms with Crippen molar-refractivity contribution in [2.24, 2.45) is 0 Å². The van der Waals surface area contributed by atoms with Crippen molar-refractivity contribution in [1.82, 2.24) is 5.32 Å². The van der Waals surface area contributed by atoms with Crippen molar-refractivity contribution < 1.29 is 4.74 Å². The molecule has 1 aliphatic heterocycles. The van der Waals surface area contributed by atoms with Gasteiger partial charge in [0.15, 0.2) is 0 Å². The predicted octanol–water partition coefficient (Wildman–Crippen LogP) is 2.09. The van der Waals surface area contributed by atoms with Crippen molar-refractivity contribution >= 4 is 30.5 Å². The Labute approximate surface area is 115 Å².